The smallest absolute Gasteiger partial charge is 0.331 e. The molecule has 7 heteroatoms. The van der Waals surface area contributed by atoms with Crippen molar-refractivity contribution < 1.29 is 14.7 Å². The summed E-state index contributed by atoms with van der Waals surface area (Å²) < 4.78 is 2.83. The van der Waals surface area contributed by atoms with Crippen molar-refractivity contribution >= 4 is 27.6 Å². The first-order chi connectivity index (χ1) is 11.3. The lowest BCUT2D eigenvalue weighted by molar-refractivity contribution is -0.140. The molecule has 0 aliphatic rings. The summed E-state index contributed by atoms with van der Waals surface area (Å²) in [5, 5.41) is 18.5. The summed E-state index contributed by atoms with van der Waals surface area (Å²) in [4.78, 5) is 15.9. The van der Waals surface area contributed by atoms with Crippen molar-refractivity contribution in [2.45, 2.75) is 40.7 Å². The Hall–Kier alpha value is -2.15. The molecule has 0 unspecified atom stereocenters. The summed E-state index contributed by atoms with van der Waals surface area (Å²) in [6.45, 7) is 7.65. The van der Waals surface area contributed by atoms with Crippen LogP contribution in [0.5, 0.6) is 5.75 Å². The SMILES string of the molecule is CC(=O)O/N=C(/CCn1nc(C)c(Br)c1C)c1cc(C)ccc1O. The second-order valence-electron chi connectivity index (χ2n) is 5.60. The summed E-state index contributed by atoms with van der Waals surface area (Å²) in [6, 6.07) is 5.23. The third kappa shape index (κ3) is 4.23. The quantitative estimate of drug-likeness (QED) is 0.477. The lowest BCUT2D eigenvalue weighted by Crippen LogP contribution is -2.11. The van der Waals surface area contributed by atoms with Crippen LogP contribution in [0, 0.1) is 20.8 Å². The Morgan fingerprint density at radius 3 is 2.67 bits per heavy atom. The number of benzene rings is 1. The average molecular weight is 394 g/mol. The van der Waals surface area contributed by atoms with Gasteiger partial charge in [-0.25, -0.2) is 4.79 Å². The summed E-state index contributed by atoms with van der Waals surface area (Å²) in [7, 11) is 0. The van der Waals surface area contributed by atoms with E-state index in [0.29, 0.717) is 24.2 Å². The number of carbonyl (C=O) groups is 1. The van der Waals surface area contributed by atoms with E-state index in [1.807, 2.05) is 31.5 Å². The zero-order valence-electron chi connectivity index (χ0n) is 14.1. The fourth-order valence-corrected chi connectivity index (χ4v) is 2.62. The van der Waals surface area contributed by atoms with Gasteiger partial charge >= 0.3 is 5.97 Å². The highest BCUT2D eigenvalue weighted by Crippen LogP contribution is 2.23. The van der Waals surface area contributed by atoms with Gasteiger partial charge in [0.25, 0.3) is 0 Å². The van der Waals surface area contributed by atoms with Gasteiger partial charge in [-0.1, -0.05) is 16.8 Å². The Labute approximate surface area is 149 Å². The molecule has 1 heterocycles. The van der Waals surface area contributed by atoms with Crippen LogP contribution in [0.2, 0.25) is 0 Å². The first-order valence-corrected chi connectivity index (χ1v) is 8.33. The minimum atomic E-state index is -0.506. The molecule has 0 spiro atoms. The summed E-state index contributed by atoms with van der Waals surface area (Å²) >= 11 is 3.50. The van der Waals surface area contributed by atoms with Crippen LogP contribution in [-0.2, 0) is 16.2 Å². The predicted molar refractivity (Wildman–Crippen MR) is 95.2 cm³/mol. The maximum Gasteiger partial charge on any atom is 0.331 e. The minimum Gasteiger partial charge on any atom is -0.507 e. The first kappa shape index (κ1) is 18.2. The molecule has 6 nitrogen and oxygen atoms in total. The average Bonchev–Trinajstić information content (AvgIpc) is 2.77. The number of phenols is 1. The van der Waals surface area contributed by atoms with Gasteiger partial charge in [-0.15, -0.1) is 0 Å². The van der Waals surface area contributed by atoms with E-state index in [-0.39, 0.29) is 5.75 Å². The van der Waals surface area contributed by atoms with Crippen LogP contribution >= 0.6 is 15.9 Å². The standard InChI is InChI=1S/C17H20BrN3O3/c1-10-5-6-16(23)14(9-10)15(20-24-13(4)22)7-8-21-12(3)17(18)11(2)19-21/h5-6,9,23H,7-8H2,1-4H3/b20-15-. The van der Waals surface area contributed by atoms with Crippen molar-refractivity contribution in [3.63, 3.8) is 0 Å². The molecule has 2 rings (SSSR count). The molecule has 0 radical (unpaired) electrons. The fraction of sp³-hybridized carbons (Fsp3) is 0.353. The summed E-state index contributed by atoms with van der Waals surface area (Å²) in [5.74, 6) is -0.408. The van der Waals surface area contributed by atoms with E-state index in [1.54, 1.807) is 12.1 Å². The number of oxime groups is 1. The van der Waals surface area contributed by atoms with Crippen molar-refractivity contribution in [2.24, 2.45) is 5.16 Å². The summed E-state index contributed by atoms with van der Waals surface area (Å²) in [6.07, 6.45) is 0.457. The van der Waals surface area contributed by atoms with Crippen molar-refractivity contribution in [3.8, 4) is 5.75 Å². The van der Waals surface area contributed by atoms with Gasteiger partial charge in [0.15, 0.2) is 0 Å². The van der Waals surface area contributed by atoms with E-state index < -0.39 is 5.97 Å². The highest BCUT2D eigenvalue weighted by molar-refractivity contribution is 9.10. The largest absolute Gasteiger partial charge is 0.507 e. The molecule has 2 aromatic rings. The number of hydrogen-bond donors (Lipinski definition) is 1. The lowest BCUT2D eigenvalue weighted by Gasteiger charge is -2.10. The van der Waals surface area contributed by atoms with E-state index in [2.05, 4.69) is 26.2 Å². The number of rotatable bonds is 5. The molecule has 0 saturated carbocycles. The van der Waals surface area contributed by atoms with Crippen molar-refractivity contribution in [1.29, 1.82) is 0 Å². The van der Waals surface area contributed by atoms with E-state index >= 15 is 0 Å². The van der Waals surface area contributed by atoms with Gasteiger partial charge in [0.2, 0.25) is 0 Å². The van der Waals surface area contributed by atoms with Gasteiger partial charge in [-0.3, -0.25) is 4.68 Å². The third-order valence-corrected chi connectivity index (χ3v) is 4.75. The predicted octanol–water partition coefficient (Wildman–Crippen LogP) is 3.63. The number of carbonyl (C=O) groups excluding carboxylic acids is 1. The topological polar surface area (TPSA) is 76.7 Å². The number of aryl methyl sites for hydroxylation is 3. The second-order valence-corrected chi connectivity index (χ2v) is 6.39. The summed E-state index contributed by atoms with van der Waals surface area (Å²) in [5.41, 5.74) is 3.94. The molecule has 1 aromatic heterocycles. The molecule has 0 atom stereocenters. The van der Waals surface area contributed by atoms with Crippen molar-refractivity contribution in [1.82, 2.24) is 9.78 Å². The Kier molecular flexibility index (Phi) is 5.77. The Morgan fingerprint density at radius 1 is 1.38 bits per heavy atom. The number of halogens is 1. The van der Waals surface area contributed by atoms with Gasteiger partial charge in [0.05, 0.1) is 15.9 Å². The highest BCUT2D eigenvalue weighted by atomic mass is 79.9. The molecule has 1 aromatic carbocycles. The molecular formula is C17H20BrN3O3. The monoisotopic (exact) mass is 393 g/mol. The van der Waals surface area contributed by atoms with E-state index in [9.17, 15) is 9.90 Å². The molecule has 24 heavy (non-hydrogen) atoms. The van der Waals surface area contributed by atoms with Crippen LogP contribution in [0.25, 0.3) is 0 Å². The van der Waals surface area contributed by atoms with Crippen molar-refractivity contribution in [2.75, 3.05) is 0 Å². The molecule has 0 aliphatic carbocycles. The van der Waals surface area contributed by atoms with Crippen LogP contribution in [0.4, 0.5) is 0 Å². The maximum absolute atomic E-state index is 11.1. The lowest BCUT2D eigenvalue weighted by atomic mass is 10.0. The molecule has 0 aliphatic heterocycles. The number of nitrogens with zero attached hydrogens (tertiary/aromatic N) is 3. The Bertz CT molecular complexity index is 797. The highest BCUT2D eigenvalue weighted by Gasteiger charge is 2.14. The normalized spacial score (nSPS) is 11.6. The molecular weight excluding hydrogens is 374 g/mol. The second kappa shape index (κ2) is 7.61. The van der Waals surface area contributed by atoms with Crippen LogP contribution in [0.3, 0.4) is 0 Å². The fourth-order valence-electron chi connectivity index (χ4n) is 2.33. The number of hydrogen-bond acceptors (Lipinski definition) is 5. The molecule has 0 amide bonds. The van der Waals surface area contributed by atoms with Crippen LogP contribution in [0.15, 0.2) is 27.8 Å². The van der Waals surface area contributed by atoms with E-state index in [0.717, 1.165) is 21.4 Å². The van der Waals surface area contributed by atoms with Gasteiger partial charge in [-0.2, -0.15) is 5.10 Å². The Balaban J connectivity index is 2.30. The minimum absolute atomic E-state index is 0.0982. The molecule has 128 valence electrons. The zero-order chi connectivity index (χ0) is 17.9. The maximum atomic E-state index is 11.1. The van der Waals surface area contributed by atoms with Crippen molar-refractivity contribution in [3.05, 3.63) is 45.2 Å². The number of aromatic hydroxyl groups is 1. The van der Waals surface area contributed by atoms with Gasteiger partial charge < -0.3 is 9.94 Å². The van der Waals surface area contributed by atoms with Gasteiger partial charge in [0.1, 0.15) is 5.75 Å². The van der Waals surface area contributed by atoms with E-state index in [1.165, 1.54) is 6.92 Å². The zero-order valence-corrected chi connectivity index (χ0v) is 15.7. The number of aromatic nitrogens is 2. The van der Waals surface area contributed by atoms with E-state index in [4.69, 9.17) is 4.84 Å². The van der Waals surface area contributed by atoms with Gasteiger partial charge in [0, 0.05) is 31.1 Å². The van der Waals surface area contributed by atoms with Crippen LogP contribution in [-0.4, -0.2) is 26.6 Å². The van der Waals surface area contributed by atoms with Gasteiger partial charge in [-0.05, 0) is 48.8 Å². The molecule has 0 bridgehead atoms. The third-order valence-electron chi connectivity index (χ3n) is 3.60. The number of phenolic OH excluding ortho intramolecular Hbond substituents is 1. The molecule has 0 saturated heterocycles. The molecule has 1 N–H and O–H groups in total. The van der Waals surface area contributed by atoms with Crippen LogP contribution in [0.1, 0.15) is 35.9 Å². The van der Waals surface area contributed by atoms with Crippen LogP contribution < -0.4 is 0 Å². The molecule has 0 fully saturated rings. The Morgan fingerprint density at radius 2 is 2.08 bits per heavy atom. The first-order valence-electron chi connectivity index (χ1n) is 7.53.